The van der Waals surface area contributed by atoms with Crippen LogP contribution >= 0.6 is 11.5 Å². The van der Waals surface area contributed by atoms with Crippen molar-refractivity contribution < 1.29 is 9.90 Å². The van der Waals surface area contributed by atoms with E-state index in [1.165, 1.54) is 17.9 Å². The van der Waals surface area contributed by atoms with E-state index in [9.17, 15) is 4.79 Å². The molecule has 0 spiro atoms. The van der Waals surface area contributed by atoms with Crippen molar-refractivity contribution in [3.8, 4) is 10.7 Å². The van der Waals surface area contributed by atoms with Gasteiger partial charge in [-0.05, 0) is 23.7 Å². The molecule has 0 aliphatic rings. The molecule has 2 rings (SSSR count). The third kappa shape index (κ3) is 1.29. The lowest BCUT2D eigenvalue weighted by Crippen LogP contribution is -2.04. The van der Waals surface area contributed by atoms with Gasteiger partial charge in [0.15, 0.2) is 5.01 Å². The van der Waals surface area contributed by atoms with Crippen molar-refractivity contribution in [2.45, 2.75) is 0 Å². The summed E-state index contributed by atoms with van der Waals surface area (Å²) >= 11 is 1.24. The Labute approximate surface area is 83.8 Å². The SMILES string of the molecule is Cn1c(C(=O)O)ccc1-c1ncns1. The Hall–Kier alpha value is -1.69. The molecule has 0 unspecified atom stereocenters. The summed E-state index contributed by atoms with van der Waals surface area (Å²) < 4.78 is 5.45. The second-order valence-corrected chi connectivity index (χ2v) is 3.49. The Morgan fingerprint density at radius 2 is 2.36 bits per heavy atom. The first-order valence-electron chi connectivity index (χ1n) is 3.86. The second-order valence-electron chi connectivity index (χ2n) is 2.71. The lowest BCUT2D eigenvalue weighted by Gasteiger charge is -2.00. The largest absolute Gasteiger partial charge is 0.477 e. The van der Waals surface area contributed by atoms with Crippen molar-refractivity contribution in [3.63, 3.8) is 0 Å². The molecule has 14 heavy (non-hydrogen) atoms. The van der Waals surface area contributed by atoms with Gasteiger partial charge in [0, 0.05) is 7.05 Å². The van der Waals surface area contributed by atoms with Crippen LogP contribution in [0.3, 0.4) is 0 Å². The van der Waals surface area contributed by atoms with Gasteiger partial charge < -0.3 is 9.67 Å². The van der Waals surface area contributed by atoms with Gasteiger partial charge in [-0.1, -0.05) is 0 Å². The molecule has 0 bridgehead atoms. The van der Waals surface area contributed by atoms with Crippen molar-refractivity contribution in [1.82, 2.24) is 13.9 Å². The number of carbonyl (C=O) groups is 1. The standard InChI is InChI=1S/C8H7N3O2S/c1-11-5(7-9-4-10-14-7)2-3-6(11)8(12)13/h2-4H,1H3,(H,12,13). The van der Waals surface area contributed by atoms with Gasteiger partial charge in [0.25, 0.3) is 0 Å². The summed E-state index contributed by atoms with van der Waals surface area (Å²) in [6.45, 7) is 0. The van der Waals surface area contributed by atoms with Crippen LogP contribution in [0.4, 0.5) is 0 Å². The van der Waals surface area contributed by atoms with Gasteiger partial charge in [0.1, 0.15) is 12.0 Å². The minimum absolute atomic E-state index is 0.246. The van der Waals surface area contributed by atoms with E-state index in [0.29, 0.717) is 0 Å². The summed E-state index contributed by atoms with van der Waals surface area (Å²) in [7, 11) is 1.69. The molecular formula is C8H7N3O2S. The molecule has 0 fully saturated rings. The highest BCUT2D eigenvalue weighted by Crippen LogP contribution is 2.21. The van der Waals surface area contributed by atoms with E-state index in [1.54, 1.807) is 23.7 Å². The third-order valence-corrected chi connectivity index (χ3v) is 2.61. The van der Waals surface area contributed by atoms with Gasteiger partial charge in [0.2, 0.25) is 0 Å². The molecule has 0 atom stereocenters. The first-order valence-corrected chi connectivity index (χ1v) is 4.63. The fraction of sp³-hybridized carbons (Fsp3) is 0.125. The van der Waals surface area contributed by atoms with E-state index >= 15 is 0 Å². The molecule has 2 heterocycles. The smallest absolute Gasteiger partial charge is 0.352 e. The zero-order valence-electron chi connectivity index (χ0n) is 7.34. The first-order chi connectivity index (χ1) is 6.70. The van der Waals surface area contributed by atoms with Crippen LogP contribution in [0.15, 0.2) is 18.5 Å². The molecule has 0 aromatic carbocycles. The summed E-state index contributed by atoms with van der Waals surface area (Å²) in [5, 5.41) is 9.55. The van der Waals surface area contributed by atoms with Gasteiger partial charge in [-0.15, -0.1) is 0 Å². The van der Waals surface area contributed by atoms with Gasteiger partial charge in [-0.25, -0.2) is 9.78 Å². The van der Waals surface area contributed by atoms with Crippen molar-refractivity contribution in [2.75, 3.05) is 0 Å². The molecule has 0 aliphatic heterocycles. The number of aromatic nitrogens is 3. The average Bonchev–Trinajstić information content (AvgIpc) is 2.71. The lowest BCUT2D eigenvalue weighted by molar-refractivity contribution is 0.0687. The zero-order valence-corrected chi connectivity index (χ0v) is 8.15. The Morgan fingerprint density at radius 3 is 2.86 bits per heavy atom. The lowest BCUT2D eigenvalue weighted by atomic mass is 10.4. The molecule has 72 valence electrons. The summed E-state index contributed by atoms with van der Waals surface area (Å²) in [4.78, 5) is 14.8. The highest BCUT2D eigenvalue weighted by Gasteiger charge is 2.13. The molecular weight excluding hydrogens is 202 g/mol. The van der Waals surface area contributed by atoms with E-state index in [0.717, 1.165) is 10.7 Å². The fourth-order valence-corrected chi connectivity index (χ4v) is 1.81. The van der Waals surface area contributed by atoms with Crippen LogP contribution in [-0.4, -0.2) is 25.0 Å². The predicted octanol–water partition coefficient (Wildman–Crippen LogP) is 1.24. The van der Waals surface area contributed by atoms with E-state index in [-0.39, 0.29) is 5.69 Å². The molecule has 0 amide bonds. The number of aromatic carboxylic acids is 1. The van der Waals surface area contributed by atoms with Crippen LogP contribution in [0.2, 0.25) is 0 Å². The fourth-order valence-electron chi connectivity index (χ4n) is 1.23. The van der Waals surface area contributed by atoms with Gasteiger partial charge in [0.05, 0.1) is 5.69 Å². The van der Waals surface area contributed by atoms with Crippen LogP contribution in [0, 0.1) is 0 Å². The molecule has 2 aromatic heterocycles. The number of hydrogen-bond acceptors (Lipinski definition) is 4. The van der Waals surface area contributed by atoms with Crippen LogP contribution in [0.25, 0.3) is 10.7 Å². The summed E-state index contributed by atoms with van der Waals surface area (Å²) in [5.74, 6) is -0.941. The van der Waals surface area contributed by atoms with E-state index in [4.69, 9.17) is 5.11 Å². The average molecular weight is 209 g/mol. The minimum atomic E-state index is -0.941. The maximum Gasteiger partial charge on any atom is 0.352 e. The molecule has 0 saturated heterocycles. The summed E-state index contributed by atoms with van der Waals surface area (Å²) in [6, 6.07) is 3.28. The second kappa shape index (κ2) is 3.22. The Balaban J connectivity index is 2.52. The van der Waals surface area contributed by atoms with Crippen molar-refractivity contribution in [3.05, 3.63) is 24.2 Å². The summed E-state index contributed by atoms with van der Waals surface area (Å²) in [6.07, 6.45) is 1.45. The number of carboxylic acids is 1. The molecule has 5 nitrogen and oxygen atoms in total. The molecule has 2 aromatic rings. The number of rotatable bonds is 2. The molecule has 1 N–H and O–H groups in total. The van der Waals surface area contributed by atoms with E-state index < -0.39 is 5.97 Å². The first kappa shape index (κ1) is 8.89. The third-order valence-electron chi connectivity index (χ3n) is 1.92. The van der Waals surface area contributed by atoms with Crippen LogP contribution < -0.4 is 0 Å². The highest BCUT2D eigenvalue weighted by molar-refractivity contribution is 7.09. The zero-order chi connectivity index (χ0) is 10.1. The van der Waals surface area contributed by atoms with E-state index in [2.05, 4.69) is 9.36 Å². The van der Waals surface area contributed by atoms with Crippen LogP contribution in [0.5, 0.6) is 0 Å². The number of nitrogens with zero attached hydrogens (tertiary/aromatic N) is 3. The minimum Gasteiger partial charge on any atom is -0.477 e. The maximum absolute atomic E-state index is 10.8. The molecule has 0 saturated carbocycles. The summed E-state index contributed by atoms with van der Waals surface area (Å²) in [5.41, 5.74) is 1.01. The Kier molecular flexibility index (Phi) is 2.05. The Bertz CT molecular complexity index is 461. The molecule has 6 heteroatoms. The topological polar surface area (TPSA) is 68.0 Å². The van der Waals surface area contributed by atoms with Crippen molar-refractivity contribution in [2.24, 2.45) is 7.05 Å². The molecule has 0 aliphatic carbocycles. The quantitative estimate of drug-likeness (QED) is 0.808. The van der Waals surface area contributed by atoms with Gasteiger partial charge in [-0.2, -0.15) is 4.37 Å². The Morgan fingerprint density at radius 1 is 1.57 bits per heavy atom. The van der Waals surface area contributed by atoms with Crippen molar-refractivity contribution in [1.29, 1.82) is 0 Å². The molecule has 0 radical (unpaired) electrons. The van der Waals surface area contributed by atoms with Crippen LogP contribution in [0.1, 0.15) is 10.5 Å². The normalized spacial score (nSPS) is 10.4. The predicted molar refractivity (Wildman–Crippen MR) is 51.3 cm³/mol. The number of hydrogen-bond donors (Lipinski definition) is 1. The van der Waals surface area contributed by atoms with Crippen molar-refractivity contribution >= 4 is 17.5 Å². The van der Waals surface area contributed by atoms with Gasteiger partial charge in [-0.3, -0.25) is 0 Å². The number of carboxylic acid groups (broad SMARTS) is 1. The monoisotopic (exact) mass is 209 g/mol. The maximum atomic E-state index is 10.8. The van der Waals surface area contributed by atoms with E-state index in [1.807, 2.05) is 0 Å². The van der Waals surface area contributed by atoms with Gasteiger partial charge >= 0.3 is 5.97 Å². The highest BCUT2D eigenvalue weighted by atomic mass is 32.1. The van der Waals surface area contributed by atoms with Crippen LogP contribution in [-0.2, 0) is 7.05 Å².